The topological polar surface area (TPSA) is 63.2 Å². The first kappa shape index (κ1) is 15.8. The van der Waals surface area contributed by atoms with Gasteiger partial charge >= 0.3 is 0 Å². The van der Waals surface area contributed by atoms with Crippen molar-refractivity contribution in [3.63, 3.8) is 0 Å². The average Bonchev–Trinajstić information content (AvgIpc) is 3.15. The van der Waals surface area contributed by atoms with Crippen molar-refractivity contribution in [3.05, 3.63) is 46.7 Å². The summed E-state index contributed by atoms with van der Waals surface area (Å²) in [7, 11) is 0. The standard InChI is InChI=1S/C17H19N3O2S/c21-15(14-2-1-7-18-12-14)3-4-16(22)20-9-5-13(6-10-20)17-19-8-11-23-17/h1-2,7-8,11-13H,3-6,9-10H2. The van der Waals surface area contributed by atoms with Crippen molar-refractivity contribution in [2.75, 3.05) is 13.1 Å². The summed E-state index contributed by atoms with van der Waals surface area (Å²) in [5.41, 5.74) is 0.572. The molecule has 6 heteroatoms. The zero-order chi connectivity index (χ0) is 16.1. The molecular formula is C17H19N3O2S. The lowest BCUT2D eigenvalue weighted by Crippen LogP contribution is -2.38. The zero-order valence-corrected chi connectivity index (χ0v) is 13.7. The highest BCUT2D eigenvalue weighted by atomic mass is 32.1. The maximum Gasteiger partial charge on any atom is 0.223 e. The van der Waals surface area contributed by atoms with Crippen molar-refractivity contribution in [2.45, 2.75) is 31.6 Å². The lowest BCUT2D eigenvalue weighted by molar-refractivity contribution is -0.132. The van der Waals surface area contributed by atoms with Gasteiger partial charge in [-0.15, -0.1) is 11.3 Å². The maximum atomic E-state index is 12.3. The molecule has 0 saturated carbocycles. The van der Waals surface area contributed by atoms with Crippen molar-refractivity contribution < 1.29 is 9.59 Å². The van der Waals surface area contributed by atoms with Gasteiger partial charge in [0.1, 0.15) is 0 Å². The highest BCUT2D eigenvalue weighted by molar-refractivity contribution is 7.09. The van der Waals surface area contributed by atoms with Gasteiger partial charge in [-0.2, -0.15) is 0 Å². The molecule has 1 amide bonds. The Balaban J connectivity index is 1.45. The fourth-order valence-electron chi connectivity index (χ4n) is 2.86. The molecule has 0 N–H and O–H groups in total. The molecule has 2 aromatic rings. The van der Waals surface area contributed by atoms with Crippen LogP contribution in [0, 0.1) is 0 Å². The van der Waals surface area contributed by atoms with E-state index in [1.54, 1.807) is 35.9 Å². The second-order valence-corrected chi connectivity index (χ2v) is 6.62. The van der Waals surface area contributed by atoms with E-state index >= 15 is 0 Å². The van der Waals surface area contributed by atoms with Gasteiger partial charge in [0.25, 0.3) is 0 Å². The van der Waals surface area contributed by atoms with E-state index in [0.29, 0.717) is 11.5 Å². The van der Waals surface area contributed by atoms with Gasteiger partial charge in [-0.25, -0.2) is 4.98 Å². The molecule has 120 valence electrons. The van der Waals surface area contributed by atoms with E-state index in [1.165, 1.54) is 5.01 Å². The third kappa shape index (κ3) is 4.01. The Hall–Kier alpha value is -2.08. The second-order valence-electron chi connectivity index (χ2n) is 5.69. The molecule has 0 spiro atoms. The quantitative estimate of drug-likeness (QED) is 0.791. The highest BCUT2D eigenvalue weighted by Gasteiger charge is 2.25. The monoisotopic (exact) mass is 329 g/mol. The van der Waals surface area contributed by atoms with Crippen LogP contribution in [0.15, 0.2) is 36.1 Å². The number of thiazole rings is 1. The minimum Gasteiger partial charge on any atom is -0.343 e. The highest BCUT2D eigenvalue weighted by Crippen LogP contribution is 2.29. The maximum absolute atomic E-state index is 12.3. The van der Waals surface area contributed by atoms with E-state index in [-0.39, 0.29) is 24.5 Å². The number of piperidine rings is 1. The van der Waals surface area contributed by atoms with Crippen LogP contribution in [-0.4, -0.2) is 39.6 Å². The van der Waals surface area contributed by atoms with Crippen LogP contribution in [-0.2, 0) is 4.79 Å². The van der Waals surface area contributed by atoms with Crippen molar-refractivity contribution >= 4 is 23.0 Å². The van der Waals surface area contributed by atoms with Gasteiger partial charge in [0.2, 0.25) is 5.91 Å². The number of hydrogen-bond donors (Lipinski definition) is 0. The zero-order valence-electron chi connectivity index (χ0n) is 12.9. The third-order valence-electron chi connectivity index (χ3n) is 4.20. The summed E-state index contributed by atoms with van der Waals surface area (Å²) in [6.07, 6.45) is 7.45. The molecular weight excluding hydrogens is 310 g/mol. The van der Waals surface area contributed by atoms with Gasteiger partial charge in [-0.3, -0.25) is 14.6 Å². The molecule has 2 aromatic heterocycles. The van der Waals surface area contributed by atoms with E-state index in [2.05, 4.69) is 9.97 Å². The number of hydrogen-bond acceptors (Lipinski definition) is 5. The SMILES string of the molecule is O=C(CCC(=O)N1CCC(c2nccs2)CC1)c1cccnc1. The summed E-state index contributed by atoms with van der Waals surface area (Å²) in [4.78, 5) is 34.5. The van der Waals surface area contributed by atoms with Crippen LogP contribution in [0.4, 0.5) is 0 Å². The molecule has 3 heterocycles. The lowest BCUT2D eigenvalue weighted by Gasteiger charge is -2.31. The van der Waals surface area contributed by atoms with Crippen LogP contribution >= 0.6 is 11.3 Å². The van der Waals surface area contributed by atoms with Crippen molar-refractivity contribution in [1.82, 2.24) is 14.9 Å². The van der Waals surface area contributed by atoms with Crippen molar-refractivity contribution in [3.8, 4) is 0 Å². The summed E-state index contributed by atoms with van der Waals surface area (Å²) in [5, 5.41) is 3.17. The molecule has 5 nitrogen and oxygen atoms in total. The first-order valence-electron chi connectivity index (χ1n) is 7.84. The smallest absolute Gasteiger partial charge is 0.223 e. The molecule has 1 saturated heterocycles. The Labute approximate surface area is 139 Å². The number of Topliss-reactive ketones (excluding diaryl/α,β-unsaturated/α-hetero) is 1. The predicted molar refractivity (Wildman–Crippen MR) is 88.5 cm³/mol. The average molecular weight is 329 g/mol. The number of nitrogens with zero attached hydrogens (tertiary/aromatic N) is 3. The summed E-state index contributed by atoms with van der Waals surface area (Å²) in [6.45, 7) is 1.51. The summed E-state index contributed by atoms with van der Waals surface area (Å²) < 4.78 is 0. The van der Waals surface area contributed by atoms with Crippen LogP contribution in [0.25, 0.3) is 0 Å². The molecule has 1 aliphatic heterocycles. The van der Waals surface area contributed by atoms with Gasteiger partial charge in [-0.1, -0.05) is 0 Å². The summed E-state index contributed by atoms with van der Waals surface area (Å²) in [5.74, 6) is 0.514. The van der Waals surface area contributed by atoms with Gasteiger partial charge in [0.05, 0.1) is 5.01 Å². The van der Waals surface area contributed by atoms with E-state index < -0.39 is 0 Å². The van der Waals surface area contributed by atoms with Gasteiger partial charge in [0.15, 0.2) is 5.78 Å². The molecule has 0 aromatic carbocycles. The van der Waals surface area contributed by atoms with Crippen molar-refractivity contribution in [1.29, 1.82) is 0 Å². The number of rotatable bonds is 5. The Kier molecular flexibility index (Phi) is 5.12. The van der Waals surface area contributed by atoms with Crippen LogP contribution in [0.1, 0.15) is 47.0 Å². The van der Waals surface area contributed by atoms with E-state index in [9.17, 15) is 9.59 Å². The number of likely N-dealkylation sites (tertiary alicyclic amines) is 1. The molecule has 3 rings (SSSR count). The minimum absolute atomic E-state index is 0.0240. The normalized spacial score (nSPS) is 15.6. The molecule has 0 aliphatic carbocycles. The molecule has 0 atom stereocenters. The van der Waals surface area contributed by atoms with Crippen LogP contribution in [0.2, 0.25) is 0 Å². The van der Waals surface area contributed by atoms with Crippen molar-refractivity contribution in [2.24, 2.45) is 0 Å². The Morgan fingerprint density at radius 1 is 1.22 bits per heavy atom. The molecule has 23 heavy (non-hydrogen) atoms. The Bertz CT molecular complexity index is 650. The van der Waals surface area contributed by atoms with E-state index in [1.807, 2.05) is 16.5 Å². The van der Waals surface area contributed by atoms with Gasteiger partial charge in [0, 0.05) is 61.4 Å². The van der Waals surface area contributed by atoms with E-state index in [0.717, 1.165) is 25.9 Å². The Morgan fingerprint density at radius 3 is 2.70 bits per heavy atom. The Morgan fingerprint density at radius 2 is 2.04 bits per heavy atom. The summed E-state index contributed by atoms with van der Waals surface area (Å²) >= 11 is 1.69. The molecule has 0 unspecified atom stereocenters. The fourth-order valence-corrected chi connectivity index (χ4v) is 3.67. The lowest BCUT2D eigenvalue weighted by atomic mass is 9.97. The third-order valence-corrected chi connectivity index (χ3v) is 5.14. The fraction of sp³-hybridized carbons (Fsp3) is 0.412. The van der Waals surface area contributed by atoms with E-state index in [4.69, 9.17) is 0 Å². The predicted octanol–water partition coefficient (Wildman–Crippen LogP) is 2.91. The first-order valence-corrected chi connectivity index (χ1v) is 8.72. The van der Waals surface area contributed by atoms with Gasteiger partial charge in [-0.05, 0) is 25.0 Å². The molecule has 0 radical (unpaired) electrons. The van der Waals surface area contributed by atoms with Crippen LogP contribution in [0.5, 0.6) is 0 Å². The number of carbonyl (C=O) groups is 2. The first-order chi connectivity index (χ1) is 11.2. The number of aromatic nitrogens is 2. The molecule has 0 bridgehead atoms. The molecule has 1 aliphatic rings. The second kappa shape index (κ2) is 7.46. The number of pyridine rings is 1. The van der Waals surface area contributed by atoms with Crippen LogP contribution in [0.3, 0.4) is 0 Å². The number of ketones is 1. The summed E-state index contributed by atoms with van der Waals surface area (Å²) in [6, 6.07) is 3.47. The molecule has 1 fully saturated rings. The minimum atomic E-state index is -0.0240. The number of carbonyl (C=O) groups excluding carboxylic acids is 2. The number of amides is 1. The van der Waals surface area contributed by atoms with Gasteiger partial charge < -0.3 is 4.90 Å². The largest absolute Gasteiger partial charge is 0.343 e. The van der Waals surface area contributed by atoms with Crippen LogP contribution < -0.4 is 0 Å².